The van der Waals surface area contributed by atoms with Gasteiger partial charge in [0.2, 0.25) is 0 Å². The monoisotopic (exact) mass is 492 g/mol. The minimum Gasteiger partial charge on any atom is -0.452 e. The van der Waals surface area contributed by atoms with Gasteiger partial charge in [-0.25, -0.2) is 9.78 Å². The molecule has 1 N–H and O–H groups in total. The molecular weight excluding hydrogens is 476 g/mol. The van der Waals surface area contributed by atoms with Crippen LogP contribution >= 0.6 is 27.3 Å². The third-order valence-electron chi connectivity index (χ3n) is 4.45. The van der Waals surface area contributed by atoms with Crippen LogP contribution in [0, 0.1) is 0 Å². The molecule has 1 heterocycles. The van der Waals surface area contributed by atoms with E-state index in [9.17, 15) is 9.59 Å². The molecule has 0 aliphatic carbocycles. The van der Waals surface area contributed by atoms with Gasteiger partial charge in [0.25, 0.3) is 5.91 Å². The molecule has 0 aliphatic rings. The van der Waals surface area contributed by atoms with Crippen molar-refractivity contribution < 1.29 is 14.3 Å². The van der Waals surface area contributed by atoms with E-state index in [4.69, 9.17) is 4.74 Å². The number of hydrogen-bond acceptors (Lipinski definition) is 5. The summed E-state index contributed by atoms with van der Waals surface area (Å²) in [6.45, 7) is -0.379. The SMILES string of the molecule is O=C(COC(=O)c1ccc(Br)cc1)Nc1nc(-c2ccc(-c3ccccc3)cc2)cs1. The second kappa shape index (κ2) is 9.68. The lowest BCUT2D eigenvalue weighted by Gasteiger charge is -2.05. The van der Waals surface area contributed by atoms with Gasteiger partial charge in [-0.1, -0.05) is 70.5 Å². The molecule has 1 amide bonds. The van der Waals surface area contributed by atoms with Gasteiger partial charge in [-0.2, -0.15) is 0 Å². The van der Waals surface area contributed by atoms with Gasteiger partial charge < -0.3 is 4.74 Å². The number of esters is 1. The molecule has 154 valence electrons. The molecule has 0 aliphatic heterocycles. The molecule has 5 nitrogen and oxygen atoms in total. The van der Waals surface area contributed by atoms with E-state index in [0.717, 1.165) is 26.9 Å². The first-order valence-electron chi connectivity index (χ1n) is 9.42. The van der Waals surface area contributed by atoms with Gasteiger partial charge in [-0.05, 0) is 35.4 Å². The Morgan fingerprint density at radius 3 is 2.23 bits per heavy atom. The summed E-state index contributed by atoms with van der Waals surface area (Å²) in [6, 6.07) is 25.0. The number of anilines is 1. The summed E-state index contributed by atoms with van der Waals surface area (Å²) in [6.07, 6.45) is 0. The van der Waals surface area contributed by atoms with Crippen LogP contribution in [0.5, 0.6) is 0 Å². The van der Waals surface area contributed by atoms with Crippen molar-refractivity contribution in [3.63, 3.8) is 0 Å². The number of nitrogens with zero attached hydrogens (tertiary/aromatic N) is 1. The number of ether oxygens (including phenoxy) is 1. The first kappa shape index (κ1) is 21.0. The number of hydrogen-bond donors (Lipinski definition) is 1. The number of thiazole rings is 1. The molecule has 31 heavy (non-hydrogen) atoms. The zero-order chi connectivity index (χ0) is 21.6. The van der Waals surface area contributed by atoms with E-state index in [2.05, 4.69) is 38.4 Å². The molecule has 0 spiro atoms. The van der Waals surface area contributed by atoms with Crippen LogP contribution in [0.15, 0.2) is 88.7 Å². The number of amides is 1. The van der Waals surface area contributed by atoms with E-state index in [-0.39, 0.29) is 6.61 Å². The number of carbonyl (C=O) groups is 2. The summed E-state index contributed by atoms with van der Waals surface area (Å²) in [5.74, 6) is -0.994. The predicted molar refractivity (Wildman–Crippen MR) is 126 cm³/mol. The summed E-state index contributed by atoms with van der Waals surface area (Å²) >= 11 is 4.62. The predicted octanol–water partition coefficient (Wildman–Crippen LogP) is 6.04. The van der Waals surface area contributed by atoms with Crippen LogP contribution in [0.25, 0.3) is 22.4 Å². The Bertz CT molecular complexity index is 1190. The molecule has 0 fully saturated rings. The highest BCUT2D eigenvalue weighted by atomic mass is 79.9. The van der Waals surface area contributed by atoms with Gasteiger partial charge in [0.05, 0.1) is 11.3 Å². The van der Waals surface area contributed by atoms with E-state index in [1.165, 1.54) is 11.3 Å². The molecule has 0 atom stereocenters. The molecule has 1 aromatic heterocycles. The zero-order valence-corrected chi connectivity index (χ0v) is 18.7. The zero-order valence-electron chi connectivity index (χ0n) is 16.2. The number of aromatic nitrogens is 1. The summed E-state index contributed by atoms with van der Waals surface area (Å²) in [5, 5.41) is 5.00. The van der Waals surface area contributed by atoms with E-state index in [1.807, 2.05) is 47.8 Å². The van der Waals surface area contributed by atoms with Crippen LogP contribution in [0.4, 0.5) is 5.13 Å². The number of nitrogens with one attached hydrogen (secondary N) is 1. The van der Waals surface area contributed by atoms with Crippen LogP contribution in [0.1, 0.15) is 10.4 Å². The summed E-state index contributed by atoms with van der Waals surface area (Å²) in [5.41, 5.74) is 4.38. The molecular formula is C24H17BrN2O3S. The highest BCUT2D eigenvalue weighted by Gasteiger charge is 2.12. The quantitative estimate of drug-likeness (QED) is 0.333. The van der Waals surface area contributed by atoms with Crippen LogP contribution in [-0.4, -0.2) is 23.5 Å². The number of benzene rings is 3. The van der Waals surface area contributed by atoms with Gasteiger partial charge in [0, 0.05) is 15.4 Å². The van der Waals surface area contributed by atoms with E-state index >= 15 is 0 Å². The Hall–Kier alpha value is -3.29. The fourth-order valence-electron chi connectivity index (χ4n) is 2.88. The molecule has 4 aromatic rings. The minimum absolute atomic E-state index is 0.379. The molecule has 7 heteroatoms. The fraction of sp³-hybridized carbons (Fsp3) is 0.0417. The Morgan fingerprint density at radius 1 is 0.871 bits per heavy atom. The first-order valence-corrected chi connectivity index (χ1v) is 11.1. The average Bonchev–Trinajstić information content (AvgIpc) is 3.27. The van der Waals surface area contributed by atoms with E-state index in [1.54, 1.807) is 24.3 Å². The number of halogens is 1. The van der Waals surface area contributed by atoms with Crippen molar-refractivity contribution in [2.45, 2.75) is 0 Å². The average molecular weight is 493 g/mol. The van der Waals surface area contributed by atoms with Gasteiger partial charge in [-0.3, -0.25) is 10.1 Å². The van der Waals surface area contributed by atoms with Crippen molar-refractivity contribution in [1.29, 1.82) is 0 Å². The van der Waals surface area contributed by atoms with Crippen molar-refractivity contribution in [2.24, 2.45) is 0 Å². The summed E-state index contributed by atoms with van der Waals surface area (Å²) in [4.78, 5) is 28.6. The van der Waals surface area contributed by atoms with Crippen LogP contribution in [0.2, 0.25) is 0 Å². The highest BCUT2D eigenvalue weighted by molar-refractivity contribution is 9.10. The number of carbonyl (C=O) groups excluding carboxylic acids is 2. The maximum Gasteiger partial charge on any atom is 0.338 e. The lowest BCUT2D eigenvalue weighted by Crippen LogP contribution is -2.20. The third-order valence-corrected chi connectivity index (χ3v) is 5.74. The molecule has 0 saturated carbocycles. The minimum atomic E-state index is -0.555. The van der Waals surface area contributed by atoms with Gasteiger partial charge in [0.15, 0.2) is 11.7 Å². The lowest BCUT2D eigenvalue weighted by atomic mass is 10.0. The van der Waals surface area contributed by atoms with Crippen LogP contribution < -0.4 is 5.32 Å². The van der Waals surface area contributed by atoms with Crippen LogP contribution in [0.3, 0.4) is 0 Å². The largest absolute Gasteiger partial charge is 0.452 e. The Labute approximate surface area is 191 Å². The topological polar surface area (TPSA) is 68.3 Å². The van der Waals surface area contributed by atoms with Gasteiger partial charge in [-0.15, -0.1) is 11.3 Å². The number of rotatable bonds is 6. The fourth-order valence-corrected chi connectivity index (χ4v) is 3.88. The third kappa shape index (κ3) is 5.45. The highest BCUT2D eigenvalue weighted by Crippen LogP contribution is 2.27. The smallest absolute Gasteiger partial charge is 0.338 e. The van der Waals surface area contributed by atoms with Crippen molar-refractivity contribution >= 4 is 44.3 Å². The Morgan fingerprint density at radius 2 is 1.52 bits per heavy atom. The Kier molecular flexibility index (Phi) is 6.54. The second-order valence-corrected chi connectivity index (χ2v) is 8.39. The molecule has 0 radical (unpaired) electrons. The van der Waals surface area contributed by atoms with Gasteiger partial charge >= 0.3 is 5.97 Å². The van der Waals surface area contributed by atoms with Crippen molar-refractivity contribution in [1.82, 2.24) is 4.98 Å². The van der Waals surface area contributed by atoms with E-state index < -0.39 is 11.9 Å². The summed E-state index contributed by atoms with van der Waals surface area (Å²) in [7, 11) is 0. The van der Waals surface area contributed by atoms with Crippen molar-refractivity contribution in [2.75, 3.05) is 11.9 Å². The van der Waals surface area contributed by atoms with E-state index in [0.29, 0.717) is 10.7 Å². The maximum absolute atomic E-state index is 12.1. The van der Waals surface area contributed by atoms with Crippen molar-refractivity contribution in [3.8, 4) is 22.4 Å². The first-order chi connectivity index (χ1) is 15.1. The molecule has 4 rings (SSSR count). The van der Waals surface area contributed by atoms with Gasteiger partial charge in [0.1, 0.15) is 0 Å². The normalized spacial score (nSPS) is 10.5. The standard InChI is InChI=1S/C24H17BrN2O3S/c25-20-12-10-19(11-13-20)23(29)30-14-22(28)27-24-26-21(15-31-24)18-8-6-17(7-9-18)16-4-2-1-3-5-16/h1-13,15H,14H2,(H,26,27,28). The molecule has 3 aromatic carbocycles. The second-order valence-electron chi connectivity index (χ2n) is 6.61. The molecule has 0 saturated heterocycles. The maximum atomic E-state index is 12.1. The van der Waals surface area contributed by atoms with Crippen LogP contribution in [-0.2, 0) is 9.53 Å². The molecule has 0 unspecified atom stereocenters. The lowest BCUT2D eigenvalue weighted by molar-refractivity contribution is -0.119. The summed E-state index contributed by atoms with van der Waals surface area (Å²) < 4.78 is 5.92. The molecule has 0 bridgehead atoms. The van der Waals surface area contributed by atoms with Crippen molar-refractivity contribution in [3.05, 3.63) is 94.3 Å². The Balaban J connectivity index is 1.34.